The van der Waals surface area contributed by atoms with Gasteiger partial charge >= 0.3 is 23.9 Å². The van der Waals surface area contributed by atoms with E-state index in [0.29, 0.717) is 0 Å². The van der Waals surface area contributed by atoms with Gasteiger partial charge in [-0.15, -0.1) is 0 Å². The van der Waals surface area contributed by atoms with Gasteiger partial charge in [-0.3, -0.25) is 19.2 Å². The van der Waals surface area contributed by atoms with Crippen molar-refractivity contribution in [3.8, 4) is 0 Å². The van der Waals surface area contributed by atoms with E-state index in [9.17, 15) is 24.0 Å². The second-order valence-corrected chi connectivity index (χ2v) is 6.71. The molecule has 1 N–H and O–H groups in total. The molecule has 11 heteroatoms. The van der Waals surface area contributed by atoms with Crippen molar-refractivity contribution in [2.75, 3.05) is 13.7 Å². The number of ether oxygens (including phenoxy) is 5. The van der Waals surface area contributed by atoms with Gasteiger partial charge in [0.2, 0.25) is 11.7 Å². The quantitative estimate of drug-likeness (QED) is 0.414. The first-order valence-electron chi connectivity index (χ1n) is 9.17. The predicted molar refractivity (Wildman–Crippen MR) is 99.5 cm³/mol. The Morgan fingerprint density at radius 2 is 1.63 bits per heavy atom. The van der Waals surface area contributed by atoms with Gasteiger partial charge in [0.15, 0.2) is 18.3 Å². The van der Waals surface area contributed by atoms with Crippen LogP contribution in [0.15, 0.2) is 11.8 Å². The molecule has 30 heavy (non-hydrogen) atoms. The highest BCUT2D eigenvalue weighted by Gasteiger charge is 2.46. The van der Waals surface area contributed by atoms with E-state index in [4.69, 9.17) is 18.9 Å². The fourth-order valence-electron chi connectivity index (χ4n) is 2.99. The number of amides is 1. The zero-order valence-electron chi connectivity index (χ0n) is 17.8. The van der Waals surface area contributed by atoms with Gasteiger partial charge in [-0.05, 0) is 6.08 Å². The van der Waals surface area contributed by atoms with E-state index in [1.807, 2.05) is 0 Å². The third-order valence-electron chi connectivity index (χ3n) is 4.11. The third kappa shape index (κ3) is 7.37. The number of esters is 4. The molecule has 0 fully saturated rings. The molecule has 0 aromatic heterocycles. The van der Waals surface area contributed by atoms with Crippen LogP contribution in [0.4, 0.5) is 0 Å². The standard InChI is InChI=1S/C19H27NO10/c1-9-7-14(19(25)26-6)30-18(16(9)20-10(2)21)17(29-13(5)24)15(28-12(4)23)8-27-11(3)22/h7,9,15-18H,8H2,1-6H3,(H,20,21)/t9-,15+,16+,17+,18+/m0/s1. The Bertz CT molecular complexity index is 716. The number of rotatable bonds is 8. The van der Waals surface area contributed by atoms with Crippen LogP contribution < -0.4 is 5.32 Å². The lowest BCUT2D eigenvalue weighted by molar-refractivity contribution is -0.188. The number of carbonyl (C=O) groups is 5. The molecule has 1 amide bonds. The molecule has 5 atom stereocenters. The summed E-state index contributed by atoms with van der Waals surface area (Å²) in [5, 5.41) is 2.69. The number of hydrogen-bond donors (Lipinski definition) is 1. The van der Waals surface area contributed by atoms with Crippen molar-refractivity contribution < 1.29 is 47.7 Å². The SMILES string of the molecule is COC(=O)C1=C[C@H](C)[C@@H](NC(C)=O)[C@H]([C@H](OC(C)=O)[C@@H](COC(C)=O)OC(C)=O)O1. The maximum Gasteiger partial charge on any atom is 0.372 e. The molecule has 0 bridgehead atoms. The highest BCUT2D eigenvalue weighted by Crippen LogP contribution is 2.29. The van der Waals surface area contributed by atoms with Gasteiger partial charge in [0.25, 0.3) is 0 Å². The van der Waals surface area contributed by atoms with Crippen molar-refractivity contribution in [1.82, 2.24) is 5.32 Å². The van der Waals surface area contributed by atoms with Crippen LogP contribution in [0.25, 0.3) is 0 Å². The normalized spacial score (nSPS) is 22.3. The van der Waals surface area contributed by atoms with E-state index in [1.54, 1.807) is 6.92 Å². The summed E-state index contributed by atoms with van der Waals surface area (Å²) in [7, 11) is 1.16. The molecule has 1 aliphatic heterocycles. The van der Waals surface area contributed by atoms with Gasteiger partial charge in [0.05, 0.1) is 13.2 Å². The first-order valence-corrected chi connectivity index (χ1v) is 9.17. The molecule has 0 saturated carbocycles. The molecule has 0 aromatic carbocycles. The largest absolute Gasteiger partial charge is 0.477 e. The molecule has 1 aliphatic rings. The van der Waals surface area contributed by atoms with E-state index in [-0.39, 0.29) is 5.76 Å². The fourth-order valence-corrected chi connectivity index (χ4v) is 2.99. The highest BCUT2D eigenvalue weighted by molar-refractivity contribution is 5.86. The van der Waals surface area contributed by atoms with E-state index in [0.717, 1.165) is 27.9 Å². The Balaban J connectivity index is 3.41. The number of nitrogens with one attached hydrogen (secondary N) is 1. The Morgan fingerprint density at radius 1 is 1.03 bits per heavy atom. The Labute approximate surface area is 174 Å². The van der Waals surface area contributed by atoms with Gasteiger partial charge < -0.3 is 29.0 Å². The van der Waals surface area contributed by atoms with Crippen LogP contribution in [0.1, 0.15) is 34.6 Å². The molecule has 1 heterocycles. The van der Waals surface area contributed by atoms with Crippen LogP contribution in [0, 0.1) is 5.92 Å². The summed E-state index contributed by atoms with van der Waals surface area (Å²) in [6, 6.07) is -0.768. The average Bonchev–Trinajstić information content (AvgIpc) is 2.63. The van der Waals surface area contributed by atoms with Crippen LogP contribution >= 0.6 is 0 Å². The molecule has 0 aromatic rings. The lowest BCUT2D eigenvalue weighted by Crippen LogP contribution is -2.59. The van der Waals surface area contributed by atoms with Crippen molar-refractivity contribution in [3.63, 3.8) is 0 Å². The third-order valence-corrected chi connectivity index (χ3v) is 4.11. The second-order valence-electron chi connectivity index (χ2n) is 6.71. The van der Waals surface area contributed by atoms with Crippen LogP contribution in [0.2, 0.25) is 0 Å². The van der Waals surface area contributed by atoms with Crippen LogP contribution in [0.3, 0.4) is 0 Å². The zero-order valence-corrected chi connectivity index (χ0v) is 17.8. The van der Waals surface area contributed by atoms with Crippen molar-refractivity contribution >= 4 is 29.8 Å². The maximum absolute atomic E-state index is 12.0. The van der Waals surface area contributed by atoms with Gasteiger partial charge in [0.1, 0.15) is 6.61 Å². The Hall–Kier alpha value is -3.11. The summed E-state index contributed by atoms with van der Waals surface area (Å²) in [4.78, 5) is 58.4. The van der Waals surface area contributed by atoms with Crippen molar-refractivity contribution in [2.45, 2.75) is 59.0 Å². The molecular weight excluding hydrogens is 402 g/mol. The van der Waals surface area contributed by atoms with E-state index >= 15 is 0 Å². The monoisotopic (exact) mass is 429 g/mol. The summed E-state index contributed by atoms with van der Waals surface area (Å²) in [6.45, 7) is 5.96. The molecule has 168 valence electrons. The van der Waals surface area contributed by atoms with Crippen molar-refractivity contribution in [3.05, 3.63) is 11.8 Å². The number of carbonyl (C=O) groups excluding carboxylic acids is 5. The van der Waals surface area contributed by atoms with Crippen LogP contribution in [0.5, 0.6) is 0 Å². The highest BCUT2D eigenvalue weighted by atomic mass is 16.6. The van der Waals surface area contributed by atoms with Gasteiger partial charge in [-0.1, -0.05) is 6.92 Å². The summed E-state index contributed by atoms with van der Waals surface area (Å²) in [5.74, 6) is -3.92. The lowest BCUT2D eigenvalue weighted by Gasteiger charge is -2.41. The molecule has 0 spiro atoms. The molecular formula is C19H27NO10. The van der Waals surface area contributed by atoms with Crippen molar-refractivity contribution in [1.29, 1.82) is 0 Å². The van der Waals surface area contributed by atoms with Crippen LogP contribution in [-0.4, -0.2) is 67.9 Å². The zero-order chi connectivity index (χ0) is 23.0. The van der Waals surface area contributed by atoms with Gasteiger partial charge in [0, 0.05) is 33.6 Å². The minimum atomic E-state index is -1.32. The molecule has 0 radical (unpaired) electrons. The number of methoxy groups -OCH3 is 1. The molecule has 11 nitrogen and oxygen atoms in total. The maximum atomic E-state index is 12.0. The molecule has 0 saturated heterocycles. The minimum absolute atomic E-state index is 0.164. The minimum Gasteiger partial charge on any atom is -0.477 e. The van der Waals surface area contributed by atoms with E-state index in [2.05, 4.69) is 10.1 Å². The second kappa shape index (κ2) is 11.2. The van der Waals surface area contributed by atoms with E-state index < -0.39 is 66.7 Å². The number of hydrogen-bond acceptors (Lipinski definition) is 10. The summed E-state index contributed by atoms with van der Waals surface area (Å²) >= 11 is 0. The summed E-state index contributed by atoms with van der Waals surface area (Å²) < 4.78 is 25.9. The predicted octanol–water partition coefficient (Wildman–Crippen LogP) is 0.00940. The Kier molecular flexibility index (Phi) is 9.28. The first-order chi connectivity index (χ1) is 14.0. The lowest BCUT2D eigenvalue weighted by atomic mass is 9.88. The summed E-state index contributed by atoms with van der Waals surface area (Å²) in [6.07, 6.45) is -2.29. The van der Waals surface area contributed by atoms with Gasteiger partial charge in [-0.2, -0.15) is 0 Å². The molecule has 0 unspecified atom stereocenters. The first kappa shape index (κ1) is 24.9. The smallest absolute Gasteiger partial charge is 0.372 e. The fraction of sp³-hybridized carbons (Fsp3) is 0.632. The van der Waals surface area contributed by atoms with Crippen molar-refractivity contribution in [2.24, 2.45) is 5.92 Å². The molecule has 1 rings (SSSR count). The topological polar surface area (TPSA) is 144 Å². The van der Waals surface area contributed by atoms with E-state index in [1.165, 1.54) is 13.0 Å². The Morgan fingerprint density at radius 3 is 2.10 bits per heavy atom. The van der Waals surface area contributed by atoms with Gasteiger partial charge in [-0.25, -0.2) is 4.79 Å². The molecule has 0 aliphatic carbocycles. The summed E-state index contributed by atoms with van der Waals surface area (Å²) in [5.41, 5.74) is 0. The van der Waals surface area contributed by atoms with Crippen LogP contribution in [-0.2, 0) is 47.7 Å². The average molecular weight is 429 g/mol.